The van der Waals surface area contributed by atoms with E-state index in [1.54, 1.807) is 0 Å². The zero-order valence-electron chi connectivity index (χ0n) is 15.4. The van der Waals surface area contributed by atoms with Gasteiger partial charge < -0.3 is 25.8 Å². The molecule has 0 aromatic rings. The van der Waals surface area contributed by atoms with Crippen molar-refractivity contribution in [2.45, 2.75) is 37.8 Å². The first kappa shape index (κ1) is 24.3. The molecule has 2 amide bonds. The zero-order valence-corrected chi connectivity index (χ0v) is 15.4. The Hall–Kier alpha value is -2.69. The molecule has 12 nitrogen and oxygen atoms in total. The molecule has 0 aliphatic heterocycles. The lowest BCUT2D eigenvalue weighted by molar-refractivity contribution is -0.141. The van der Waals surface area contributed by atoms with E-state index in [0.29, 0.717) is 6.42 Å². The van der Waals surface area contributed by atoms with Gasteiger partial charge in [-0.25, -0.2) is 0 Å². The van der Waals surface area contributed by atoms with Crippen LogP contribution in [0.4, 0.5) is 0 Å². The molecule has 0 fully saturated rings. The lowest BCUT2D eigenvalue weighted by Crippen LogP contribution is -2.46. The van der Waals surface area contributed by atoms with Crippen molar-refractivity contribution in [1.29, 1.82) is 0 Å². The van der Waals surface area contributed by atoms with E-state index in [9.17, 15) is 19.2 Å². The van der Waals surface area contributed by atoms with Gasteiger partial charge in [0.05, 0.1) is 25.5 Å². The van der Waals surface area contributed by atoms with Gasteiger partial charge in [-0.3, -0.25) is 19.2 Å². The minimum absolute atomic E-state index is 0.0673. The van der Waals surface area contributed by atoms with E-state index < -0.39 is 29.9 Å². The summed E-state index contributed by atoms with van der Waals surface area (Å²) < 4.78 is 5.19. The van der Waals surface area contributed by atoms with Crippen molar-refractivity contribution in [2.24, 2.45) is 5.11 Å². The van der Waals surface area contributed by atoms with Crippen molar-refractivity contribution in [1.82, 2.24) is 16.0 Å². The number of amides is 2. The normalized spacial score (nSPS) is 12.4. The number of carbonyl (C=O) groups is 4. The maximum atomic E-state index is 12.3. The van der Waals surface area contributed by atoms with Crippen molar-refractivity contribution in [2.75, 3.05) is 33.9 Å². The van der Waals surface area contributed by atoms with Gasteiger partial charge in [0.25, 0.3) is 0 Å². The molecular weight excluding hydrogens is 360 g/mol. The molecule has 4 N–H and O–H groups in total. The Bertz CT molecular complexity index is 563. The molecular formula is C15H26N6O6. The van der Waals surface area contributed by atoms with Crippen LogP contribution in [0.3, 0.4) is 0 Å². The number of hydrogen-bond donors (Lipinski definition) is 4. The van der Waals surface area contributed by atoms with Gasteiger partial charge in [0, 0.05) is 31.5 Å². The molecule has 0 heterocycles. The fraction of sp³-hybridized carbons (Fsp3) is 0.733. The number of carbonyl (C=O) groups excluding carboxylic acids is 3. The van der Waals surface area contributed by atoms with E-state index in [1.165, 1.54) is 14.1 Å². The zero-order chi connectivity index (χ0) is 20.7. The maximum Gasteiger partial charge on any atom is 0.321 e. The van der Waals surface area contributed by atoms with Gasteiger partial charge in [-0.05, 0) is 19.0 Å². The number of azide groups is 1. The molecule has 2 unspecified atom stereocenters. The molecule has 0 aromatic heterocycles. The van der Waals surface area contributed by atoms with Crippen LogP contribution in [0, 0.1) is 0 Å². The van der Waals surface area contributed by atoms with Crippen LogP contribution in [-0.2, 0) is 23.9 Å². The predicted octanol–water partition coefficient (Wildman–Crippen LogP) is -0.654. The largest absolute Gasteiger partial charge is 0.480 e. The number of ether oxygens (including phenoxy) is 1. The summed E-state index contributed by atoms with van der Waals surface area (Å²) in [5, 5.41) is 19.5. The van der Waals surface area contributed by atoms with Crippen LogP contribution in [0.25, 0.3) is 10.4 Å². The van der Waals surface area contributed by atoms with Crippen LogP contribution in [0.5, 0.6) is 0 Å². The smallest absolute Gasteiger partial charge is 0.321 e. The lowest BCUT2D eigenvalue weighted by atomic mass is 10.0. The molecule has 0 saturated heterocycles. The number of aliphatic carboxylic acids is 1. The molecule has 0 rings (SSSR count). The number of carboxylic acids is 1. The molecule has 0 radical (unpaired) electrons. The Morgan fingerprint density at radius 2 is 1.78 bits per heavy atom. The second kappa shape index (κ2) is 14.5. The van der Waals surface area contributed by atoms with Crippen LogP contribution in [0.15, 0.2) is 5.11 Å². The summed E-state index contributed by atoms with van der Waals surface area (Å²) in [4.78, 5) is 49.4. The highest BCUT2D eigenvalue weighted by Crippen LogP contribution is 2.04. The van der Waals surface area contributed by atoms with Crippen molar-refractivity contribution in [3.8, 4) is 0 Å². The summed E-state index contributed by atoms with van der Waals surface area (Å²) in [6, 6.07) is -2.14. The third-order valence-corrected chi connectivity index (χ3v) is 3.54. The molecule has 0 aliphatic rings. The van der Waals surface area contributed by atoms with Crippen molar-refractivity contribution >= 4 is 23.6 Å². The fourth-order valence-electron chi connectivity index (χ4n) is 2.06. The minimum Gasteiger partial charge on any atom is -0.480 e. The first-order valence-electron chi connectivity index (χ1n) is 8.37. The van der Waals surface area contributed by atoms with Crippen molar-refractivity contribution < 1.29 is 29.0 Å². The Morgan fingerprint density at radius 1 is 1.11 bits per heavy atom. The summed E-state index contributed by atoms with van der Waals surface area (Å²) >= 11 is 0. The molecule has 152 valence electrons. The molecule has 2 atom stereocenters. The molecule has 0 saturated carbocycles. The molecule has 0 spiro atoms. The topological polar surface area (TPSA) is 183 Å². The molecule has 27 heavy (non-hydrogen) atoms. The fourth-order valence-corrected chi connectivity index (χ4v) is 2.06. The average Bonchev–Trinajstić information content (AvgIpc) is 2.64. The van der Waals surface area contributed by atoms with Gasteiger partial charge in [-0.15, -0.1) is 0 Å². The Balaban J connectivity index is 4.57. The highest BCUT2D eigenvalue weighted by molar-refractivity contribution is 5.94. The van der Waals surface area contributed by atoms with E-state index in [-0.39, 0.29) is 44.8 Å². The van der Waals surface area contributed by atoms with Gasteiger partial charge >= 0.3 is 5.97 Å². The summed E-state index contributed by atoms with van der Waals surface area (Å²) in [6.07, 6.45) is -0.177. The van der Waals surface area contributed by atoms with Crippen molar-refractivity contribution in [3.05, 3.63) is 10.4 Å². The van der Waals surface area contributed by atoms with Gasteiger partial charge in [-0.1, -0.05) is 5.11 Å². The minimum atomic E-state index is -1.19. The monoisotopic (exact) mass is 386 g/mol. The highest BCUT2D eigenvalue weighted by Gasteiger charge is 2.25. The molecule has 0 aromatic carbocycles. The number of ketones is 1. The first-order chi connectivity index (χ1) is 12.8. The van der Waals surface area contributed by atoms with Crippen LogP contribution < -0.4 is 16.0 Å². The van der Waals surface area contributed by atoms with Gasteiger partial charge in [0.1, 0.15) is 6.04 Å². The standard InChI is InChI=1S/C15H26N6O6/c1-17-11(15(25)26)9-14(24)20-10(8-13(23)18-2)12(22)4-3-6-27-7-5-19-21-16/h10-11,17H,3-9H2,1-2H3,(H,18,23)(H,20,24)(H,25,26). The molecule has 0 bridgehead atoms. The van der Waals surface area contributed by atoms with E-state index in [1.807, 2.05) is 0 Å². The number of nitrogens with zero attached hydrogens (tertiary/aromatic N) is 3. The van der Waals surface area contributed by atoms with E-state index >= 15 is 0 Å². The van der Waals surface area contributed by atoms with Crippen molar-refractivity contribution in [3.63, 3.8) is 0 Å². The highest BCUT2D eigenvalue weighted by atomic mass is 16.5. The summed E-state index contributed by atoms with van der Waals surface area (Å²) in [7, 11) is 2.81. The lowest BCUT2D eigenvalue weighted by Gasteiger charge is -2.18. The van der Waals surface area contributed by atoms with Gasteiger partial charge in [0.2, 0.25) is 11.8 Å². The number of likely N-dealkylation sites (N-methyl/N-ethyl adjacent to an activating group) is 1. The van der Waals surface area contributed by atoms with Crippen LogP contribution >= 0.6 is 0 Å². The van der Waals surface area contributed by atoms with Crippen LogP contribution in [0.1, 0.15) is 25.7 Å². The molecule has 0 aliphatic carbocycles. The summed E-state index contributed by atoms with van der Waals surface area (Å²) in [5.41, 5.74) is 8.12. The Kier molecular flexibility index (Phi) is 13.0. The van der Waals surface area contributed by atoms with Gasteiger partial charge in [-0.2, -0.15) is 0 Å². The average molecular weight is 386 g/mol. The maximum absolute atomic E-state index is 12.3. The first-order valence-corrected chi connectivity index (χ1v) is 8.37. The third kappa shape index (κ3) is 11.5. The number of rotatable bonds is 15. The SMILES string of the molecule is CNC(=O)CC(NC(=O)CC(NC)C(=O)O)C(=O)CCCOCCN=[N+]=[N-]. The predicted molar refractivity (Wildman–Crippen MR) is 94.8 cm³/mol. The van der Waals surface area contributed by atoms with E-state index in [0.717, 1.165) is 0 Å². The number of nitrogens with one attached hydrogen (secondary N) is 3. The van der Waals surface area contributed by atoms with Crippen LogP contribution in [-0.4, -0.2) is 74.6 Å². The second-order valence-electron chi connectivity index (χ2n) is 5.52. The third-order valence-electron chi connectivity index (χ3n) is 3.54. The summed E-state index contributed by atoms with van der Waals surface area (Å²) in [6.45, 7) is 0.682. The van der Waals surface area contributed by atoms with Gasteiger partial charge in [0.15, 0.2) is 5.78 Å². The van der Waals surface area contributed by atoms with E-state index in [2.05, 4.69) is 26.0 Å². The quantitative estimate of drug-likeness (QED) is 0.125. The number of Topliss-reactive ketones (excluding diaryl/α,β-unsaturated/α-hetero) is 1. The Labute approximate surface area is 156 Å². The van der Waals surface area contributed by atoms with E-state index in [4.69, 9.17) is 15.4 Å². The second-order valence-corrected chi connectivity index (χ2v) is 5.52. The Morgan fingerprint density at radius 3 is 2.33 bits per heavy atom. The summed E-state index contributed by atoms with van der Waals surface area (Å²) in [5.74, 6) is -2.63. The van der Waals surface area contributed by atoms with Crippen LogP contribution in [0.2, 0.25) is 0 Å². The molecule has 12 heteroatoms. The number of carboxylic acid groups (broad SMARTS) is 1. The number of hydrogen-bond acceptors (Lipinski definition) is 7.